The number of likely N-dealkylation sites (N-methyl/N-ethyl adjacent to an activating group) is 1. The third-order valence-electron chi connectivity index (χ3n) is 5.91. The van der Waals surface area contributed by atoms with Crippen LogP contribution in [-0.2, 0) is 32.3 Å². The molecule has 166 valence electrons. The first-order valence-electron chi connectivity index (χ1n) is 9.80. The van der Waals surface area contributed by atoms with E-state index in [1.807, 2.05) is 0 Å². The summed E-state index contributed by atoms with van der Waals surface area (Å²) in [5, 5.41) is 4.40. The number of carbonyl (C=O) groups is 2. The minimum Gasteiger partial charge on any atom is -0.344 e. The van der Waals surface area contributed by atoms with Crippen LogP contribution in [0.15, 0.2) is 34.5 Å². The van der Waals surface area contributed by atoms with Gasteiger partial charge in [-0.1, -0.05) is 12.1 Å². The predicted octanol–water partition coefficient (Wildman–Crippen LogP) is 3.09. The summed E-state index contributed by atoms with van der Waals surface area (Å²) in [6, 6.07) is 6.01. The Kier molecular flexibility index (Phi) is 5.41. The van der Waals surface area contributed by atoms with Crippen molar-refractivity contribution in [3.63, 3.8) is 0 Å². The van der Waals surface area contributed by atoms with E-state index in [9.17, 15) is 26.8 Å². The Balaban J connectivity index is 1.66. The number of sulfone groups is 1. The number of hydrogen-bond acceptors (Lipinski definition) is 5. The van der Waals surface area contributed by atoms with Crippen molar-refractivity contribution in [2.24, 2.45) is 5.92 Å². The summed E-state index contributed by atoms with van der Waals surface area (Å²) in [5.74, 6) is -5.24. The molecule has 1 aliphatic heterocycles. The van der Waals surface area contributed by atoms with Crippen molar-refractivity contribution in [1.29, 1.82) is 0 Å². The van der Waals surface area contributed by atoms with E-state index in [2.05, 4.69) is 5.32 Å². The Bertz CT molecular complexity index is 1160. The molecule has 2 heterocycles. The van der Waals surface area contributed by atoms with Crippen LogP contribution in [0.1, 0.15) is 28.3 Å². The first kappa shape index (κ1) is 21.9. The van der Waals surface area contributed by atoms with Crippen LogP contribution in [0, 0.1) is 5.92 Å². The van der Waals surface area contributed by atoms with Gasteiger partial charge in [-0.15, -0.1) is 11.3 Å². The van der Waals surface area contributed by atoms with Crippen LogP contribution in [-0.4, -0.2) is 50.9 Å². The molecule has 0 bridgehead atoms. The zero-order valence-corrected chi connectivity index (χ0v) is 18.7. The maximum Gasteiger partial charge on any atom is 0.253 e. The molecular weight excluding hydrogens is 446 g/mol. The van der Waals surface area contributed by atoms with Crippen LogP contribution < -0.4 is 5.32 Å². The maximum atomic E-state index is 13.8. The van der Waals surface area contributed by atoms with Gasteiger partial charge in [0.25, 0.3) is 5.92 Å². The number of rotatable bonds is 4. The topological polar surface area (TPSA) is 83.6 Å². The highest BCUT2D eigenvalue weighted by Crippen LogP contribution is 2.44. The van der Waals surface area contributed by atoms with Gasteiger partial charge in [0.1, 0.15) is 5.92 Å². The van der Waals surface area contributed by atoms with Crippen LogP contribution in [0.5, 0.6) is 0 Å². The molecule has 1 fully saturated rings. The van der Waals surface area contributed by atoms with Crippen molar-refractivity contribution >= 4 is 38.7 Å². The summed E-state index contributed by atoms with van der Waals surface area (Å²) >= 11 is 1.25. The van der Waals surface area contributed by atoms with Crippen LogP contribution in [0.2, 0.25) is 0 Å². The number of alkyl halides is 2. The van der Waals surface area contributed by atoms with Crippen molar-refractivity contribution in [1.82, 2.24) is 4.90 Å². The van der Waals surface area contributed by atoms with Gasteiger partial charge >= 0.3 is 0 Å². The lowest BCUT2D eigenvalue weighted by Crippen LogP contribution is -2.33. The molecule has 2 amide bonds. The third kappa shape index (κ3) is 4.10. The van der Waals surface area contributed by atoms with E-state index >= 15 is 0 Å². The Hall–Kier alpha value is -2.33. The second-order valence-corrected chi connectivity index (χ2v) is 11.1. The fourth-order valence-electron chi connectivity index (χ4n) is 4.39. The molecule has 2 atom stereocenters. The molecule has 6 nitrogen and oxygen atoms in total. The smallest absolute Gasteiger partial charge is 0.253 e. The molecule has 10 heteroatoms. The van der Waals surface area contributed by atoms with Crippen molar-refractivity contribution in [3.05, 3.63) is 45.6 Å². The molecule has 2 aromatic rings. The largest absolute Gasteiger partial charge is 0.344 e. The summed E-state index contributed by atoms with van der Waals surface area (Å²) in [4.78, 5) is 28.0. The number of carbonyl (C=O) groups excluding carboxylic acids is 2. The van der Waals surface area contributed by atoms with E-state index in [1.165, 1.54) is 28.4 Å². The molecular formula is C21H22F2N2O4S2. The fourth-order valence-corrected chi connectivity index (χ4v) is 6.48. The van der Waals surface area contributed by atoms with Crippen LogP contribution in [0.25, 0.3) is 0 Å². The minimum atomic E-state index is -3.59. The van der Waals surface area contributed by atoms with Gasteiger partial charge in [0.2, 0.25) is 11.8 Å². The molecule has 4 rings (SSSR count). The molecule has 0 radical (unpaired) electrons. The molecule has 0 unspecified atom stereocenters. The standard InChI is InChI=1S/C21H22F2N2O4S2/c1-25-10-13(14-11-30-16-9-21(22,23)8-7-12(14)16)18(20(25)27)19(26)24-15-5-3-4-6-17(15)31(2,28)29/h3-6,11,13,18H,7-10H2,1-2H3,(H,24,26)/t13-,18+/m1/s1. The number of amides is 2. The summed E-state index contributed by atoms with van der Waals surface area (Å²) < 4.78 is 51.7. The van der Waals surface area contributed by atoms with Crippen molar-refractivity contribution in [3.8, 4) is 0 Å². The normalized spacial score (nSPS) is 23.0. The minimum absolute atomic E-state index is 0.0335. The SMILES string of the molecule is CN1C[C@H](c2csc3c2CCC(F)(F)C3)[C@@H](C(=O)Nc2ccccc2S(C)(=O)=O)C1=O. The van der Waals surface area contributed by atoms with Gasteiger partial charge in [-0.3, -0.25) is 9.59 Å². The fraction of sp³-hybridized carbons (Fsp3) is 0.429. The summed E-state index contributed by atoms with van der Waals surface area (Å²) in [5.41, 5.74) is 1.70. The number of nitrogens with zero attached hydrogens (tertiary/aromatic N) is 1. The number of thiophene rings is 1. The Labute approximate surface area is 183 Å². The lowest BCUT2D eigenvalue weighted by molar-refractivity contribution is -0.135. The number of likely N-dealkylation sites (tertiary alicyclic amines) is 1. The molecule has 1 aromatic heterocycles. The highest BCUT2D eigenvalue weighted by Gasteiger charge is 2.47. The molecule has 1 aromatic carbocycles. The molecule has 0 spiro atoms. The second-order valence-electron chi connectivity index (χ2n) is 8.19. The Morgan fingerprint density at radius 3 is 2.71 bits per heavy atom. The molecule has 0 saturated carbocycles. The number of nitrogens with one attached hydrogen (secondary N) is 1. The van der Waals surface area contributed by atoms with E-state index in [0.29, 0.717) is 11.4 Å². The van der Waals surface area contributed by atoms with E-state index in [1.54, 1.807) is 24.6 Å². The van der Waals surface area contributed by atoms with E-state index in [4.69, 9.17) is 0 Å². The van der Waals surface area contributed by atoms with Crippen molar-refractivity contribution < 1.29 is 26.8 Å². The molecule has 2 aliphatic rings. The molecule has 1 N–H and O–H groups in total. The maximum absolute atomic E-state index is 13.8. The van der Waals surface area contributed by atoms with Gasteiger partial charge < -0.3 is 10.2 Å². The molecule has 1 saturated heterocycles. The average molecular weight is 469 g/mol. The van der Waals surface area contributed by atoms with Gasteiger partial charge in [0, 0.05) is 43.5 Å². The van der Waals surface area contributed by atoms with Crippen LogP contribution in [0.4, 0.5) is 14.5 Å². The quantitative estimate of drug-likeness (QED) is 0.699. The van der Waals surface area contributed by atoms with Crippen LogP contribution in [0.3, 0.4) is 0 Å². The predicted molar refractivity (Wildman–Crippen MR) is 113 cm³/mol. The Morgan fingerprint density at radius 2 is 2.00 bits per heavy atom. The van der Waals surface area contributed by atoms with E-state index < -0.39 is 33.5 Å². The van der Waals surface area contributed by atoms with Crippen LogP contribution >= 0.6 is 11.3 Å². The van der Waals surface area contributed by atoms with Gasteiger partial charge in [-0.25, -0.2) is 17.2 Å². The Morgan fingerprint density at radius 1 is 1.29 bits per heavy atom. The number of halogens is 2. The summed E-state index contributed by atoms with van der Waals surface area (Å²) in [6.45, 7) is 0.296. The number of benzene rings is 1. The first-order valence-corrected chi connectivity index (χ1v) is 12.6. The number of anilines is 1. The van der Waals surface area contributed by atoms with E-state index in [-0.39, 0.29) is 35.8 Å². The zero-order valence-electron chi connectivity index (χ0n) is 17.0. The third-order valence-corrected chi connectivity index (χ3v) is 8.12. The van der Waals surface area contributed by atoms with E-state index in [0.717, 1.165) is 17.4 Å². The monoisotopic (exact) mass is 468 g/mol. The first-order chi connectivity index (χ1) is 14.5. The van der Waals surface area contributed by atoms with Gasteiger partial charge in [-0.05, 0) is 35.1 Å². The lowest BCUT2D eigenvalue weighted by atomic mass is 9.83. The number of hydrogen-bond donors (Lipinski definition) is 1. The molecule has 1 aliphatic carbocycles. The number of para-hydroxylation sites is 1. The number of fused-ring (bicyclic) bond motifs is 1. The zero-order chi connectivity index (χ0) is 22.6. The lowest BCUT2D eigenvalue weighted by Gasteiger charge is -2.24. The highest BCUT2D eigenvalue weighted by atomic mass is 32.2. The van der Waals surface area contributed by atoms with Gasteiger partial charge in [-0.2, -0.15) is 0 Å². The second kappa shape index (κ2) is 7.67. The highest BCUT2D eigenvalue weighted by molar-refractivity contribution is 7.90. The summed E-state index contributed by atoms with van der Waals surface area (Å²) in [6.07, 6.45) is 0.685. The van der Waals surface area contributed by atoms with Gasteiger partial charge in [0.15, 0.2) is 9.84 Å². The van der Waals surface area contributed by atoms with Gasteiger partial charge in [0.05, 0.1) is 10.6 Å². The molecule has 31 heavy (non-hydrogen) atoms. The summed E-state index contributed by atoms with van der Waals surface area (Å²) in [7, 11) is -1.99. The van der Waals surface area contributed by atoms with Crippen molar-refractivity contribution in [2.75, 3.05) is 25.2 Å². The van der Waals surface area contributed by atoms with Crippen molar-refractivity contribution in [2.45, 2.75) is 36.0 Å². The average Bonchev–Trinajstić information content (AvgIpc) is 3.20.